The standard InChI is InChI=1S/C25H23ClN4O3S/c1-15-13-16(2)28-25(27-15)34-22-21(29-18-9-10-20(33-3)19(26)14-18)23(31)30(24(22)32)12-11-17-7-5-4-6-8-17/h4-10,13-14,29H,11-12H2,1-3H3. The molecular weight excluding hydrogens is 472 g/mol. The van der Waals surface area contributed by atoms with Crippen molar-refractivity contribution in [3.63, 3.8) is 0 Å². The van der Waals surface area contributed by atoms with Gasteiger partial charge < -0.3 is 10.1 Å². The van der Waals surface area contributed by atoms with E-state index in [0.717, 1.165) is 28.7 Å². The number of nitrogens with one attached hydrogen (secondary N) is 1. The van der Waals surface area contributed by atoms with Crippen molar-refractivity contribution in [2.24, 2.45) is 0 Å². The number of thioether (sulfide) groups is 1. The number of halogens is 1. The van der Waals surface area contributed by atoms with Gasteiger partial charge in [-0.1, -0.05) is 41.9 Å². The van der Waals surface area contributed by atoms with Crippen molar-refractivity contribution in [2.45, 2.75) is 25.4 Å². The number of benzene rings is 2. The summed E-state index contributed by atoms with van der Waals surface area (Å²) in [4.78, 5) is 37.1. The third-order valence-corrected chi connectivity index (χ3v) is 6.41. The number of carbonyl (C=O) groups is 2. The maximum atomic E-state index is 13.4. The smallest absolute Gasteiger partial charge is 0.278 e. The van der Waals surface area contributed by atoms with E-state index in [0.29, 0.717) is 28.0 Å². The van der Waals surface area contributed by atoms with E-state index in [2.05, 4.69) is 15.3 Å². The van der Waals surface area contributed by atoms with Crippen molar-refractivity contribution >= 4 is 40.9 Å². The zero-order chi connectivity index (χ0) is 24.2. The predicted molar refractivity (Wildman–Crippen MR) is 133 cm³/mol. The predicted octanol–water partition coefficient (Wildman–Crippen LogP) is 4.78. The molecular formula is C25H23ClN4O3S. The van der Waals surface area contributed by atoms with E-state index in [1.54, 1.807) is 18.2 Å². The molecule has 0 unspecified atom stereocenters. The lowest BCUT2D eigenvalue weighted by Gasteiger charge is -2.15. The zero-order valence-corrected chi connectivity index (χ0v) is 20.5. The fourth-order valence-electron chi connectivity index (χ4n) is 3.57. The van der Waals surface area contributed by atoms with Gasteiger partial charge in [-0.25, -0.2) is 9.97 Å². The van der Waals surface area contributed by atoms with Gasteiger partial charge in [0.25, 0.3) is 11.8 Å². The monoisotopic (exact) mass is 494 g/mol. The molecule has 1 aromatic heterocycles. The van der Waals surface area contributed by atoms with Crippen LogP contribution in [0.2, 0.25) is 5.02 Å². The number of hydrogen-bond donors (Lipinski definition) is 1. The minimum atomic E-state index is -0.403. The highest BCUT2D eigenvalue weighted by Gasteiger charge is 2.39. The molecule has 1 N–H and O–H groups in total. The lowest BCUT2D eigenvalue weighted by atomic mass is 10.1. The SMILES string of the molecule is COc1ccc(NC2=C(Sc3nc(C)cc(C)n3)C(=O)N(CCc3ccccc3)C2=O)cc1Cl. The number of aromatic nitrogens is 2. The Morgan fingerprint density at radius 1 is 1.00 bits per heavy atom. The van der Waals surface area contributed by atoms with Crippen LogP contribution in [0.25, 0.3) is 0 Å². The Balaban J connectivity index is 1.65. The van der Waals surface area contributed by atoms with Crippen molar-refractivity contribution < 1.29 is 14.3 Å². The molecule has 174 valence electrons. The number of imide groups is 1. The lowest BCUT2D eigenvalue weighted by molar-refractivity contribution is -0.137. The Morgan fingerprint density at radius 3 is 2.35 bits per heavy atom. The maximum Gasteiger partial charge on any atom is 0.278 e. The van der Waals surface area contributed by atoms with E-state index in [1.165, 1.54) is 12.0 Å². The molecule has 34 heavy (non-hydrogen) atoms. The molecule has 0 saturated heterocycles. The number of hydrogen-bond acceptors (Lipinski definition) is 7. The average molecular weight is 495 g/mol. The number of nitrogens with zero attached hydrogens (tertiary/aromatic N) is 3. The average Bonchev–Trinajstić information content (AvgIpc) is 3.01. The Kier molecular flexibility index (Phi) is 7.19. The van der Waals surface area contributed by atoms with Crippen molar-refractivity contribution in [3.8, 4) is 5.75 Å². The van der Waals surface area contributed by atoms with Crippen molar-refractivity contribution in [2.75, 3.05) is 19.0 Å². The van der Waals surface area contributed by atoms with Crippen LogP contribution >= 0.6 is 23.4 Å². The number of methoxy groups -OCH3 is 1. The molecule has 3 aromatic rings. The van der Waals surface area contributed by atoms with Gasteiger partial charge in [-0.2, -0.15) is 0 Å². The quantitative estimate of drug-likeness (QED) is 0.356. The molecule has 0 aliphatic carbocycles. The number of amides is 2. The molecule has 2 amide bonds. The van der Waals surface area contributed by atoms with Crippen molar-refractivity contribution in [1.29, 1.82) is 0 Å². The van der Waals surface area contributed by atoms with E-state index in [4.69, 9.17) is 16.3 Å². The third kappa shape index (κ3) is 5.24. The second-order valence-electron chi connectivity index (χ2n) is 7.71. The van der Waals surface area contributed by atoms with Gasteiger partial charge in [-0.3, -0.25) is 14.5 Å². The van der Waals surface area contributed by atoms with Gasteiger partial charge in [-0.15, -0.1) is 0 Å². The molecule has 9 heteroatoms. The first-order valence-electron chi connectivity index (χ1n) is 10.6. The number of aryl methyl sites for hydroxylation is 2. The van der Waals surface area contributed by atoms with Gasteiger partial charge >= 0.3 is 0 Å². The molecule has 7 nitrogen and oxygen atoms in total. The van der Waals surface area contributed by atoms with E-state index >= 15 is 0 Å². The molecule has 1 aliphatic heterocycles. The molecule has 0 spiro atoms. The van der Waals surface area contributed by atoms with E-state index < -0.39 is 5.91 Å². The number of ether oxygens (including phenoxy) is 1. The lowest BCUT2D eigenvalue weighted by Crippen LogP contribution is -2.34. The minimum absolute atomic E-state index is 0.173. The highest BCUT2D eigenvalue weighted by atomic mass is 35.5. The first-order chi connectivity index (χ1) is 16.4. The van der Waals surface area contributed by atoms with Crippen LogP contribution in [0.1, 0.15) is 17.0 Å². The van der Waals surface area contributed by atoms with Crippen LogP contribution in [0.4, 0.5) is 5.69 Å². The Hall–Kier alpha value is -3.36. The van der Waals surface area contributed by atoms with Gasteiger partial charge in [0.05, 0.1) is 12.1 Å². The van der Waals surface area contributed by atoms with Crippen LogP contribution in [0.3, 0.4) is 0 Å². The zero-order valence-electron chi connectivity index (χ0n) is 19.0. The molecule has 2 aromatic carbocycles. The molecule has 1 aliphatic rings. The summed E-state index contributed by atoms with van der Waals surface area (Å²) in [5.41, 5.74) is 3.34. The highest BCUT2D eigenvalue weighted by Crippen LogP contribution is 2.36. The topological polar surface area (TPSA) is 84.4 Å². The maximum absolute atomic E-state index is 13.4. The molecule has 4 rings (SSSR count). The summed E-state index contributed by atoms with van der Waals surface area (Å²) in [7, 11) is 1.53. The van der Waals surface area contributed by atoms with Gasteiger partial charge in [0, 0.05) is 23.6 Å². The van der Waals surface area contributed by atoms with E-state index in [9.17, 15) is 9.59 Å². The fraction of sp³-hybridized carbons (Fsp3) is 0.200. The summed E-state index contributed by atoms with van der Waals surface area (Å²) >= 11 is 7.34. The van der Waals surface area contributed by atoms with Crippen LogP contribution in [0.5, 0.6) is 5.75 Å². The largest absolute Gasteiger partial charge is 0.495 e. The minimum Gasteiger partial charge on any atom is -0.495 e. The van der Waals surface area contributed by atoms with E-state index in [1.807, 2.05) is 50.2 Å². The molecule has 0 saturated carbocycles. The van der Waals surface area contributed by atoms with Crippen molar-refractivity contribution in [3.05, 3.63) is 87.2 Å². The summed E-state index contributed by atoms with van der Waals surface area (Å²) in [6, 6.07) is 16.7. The fourth-order valence-corrected chi connectivity index (χ4v) is 4.82. The van der Waals surface area contributed by atoms with Crippen LogP contribution in [-0.4, -0.2) is 40.3 Å². The summed E-state index contributed by atoms with van der Waals surface area (Å²) < 4.78 is 5.20. The summed E-state index contributed by atoms with van der Waals surface area (Å²) in [5.74, 6) is -0.270. The summed E-state index contributed by atoms with van der Waals surface area (Å²) in [5, 5.41) is 3.89. The number of anilines is 1. The first kappa shape index (κ1) is 23.8. The Morgan fingerprint density at radius 2 is 1.71 bits per heavy atom. The van der Waals surface area contributed by atoms with Crippen LogP contribution < -0.4 is 10.1 Å². The van der Waals surface area contributed by atoms with Gasteiger partial charge in [0.2, 0.25) is 0 Å². The first-order valence-corrected chi connectivity index (χ1v) is 11.8. The summed E-state index contributed by atoms with van der Waals surface area (Å²) in [6.07, 6.45) is 0.554. The molecule has 0 fully saturated rings. The molecule has 0 bridgehead atoms. The van der Waals surface area contributed by atoms with Gasteiger partial charge in [0.1, 0.15) is 16.4 Å². The Labute approximate surface area is 207 Å². The Bertz CT molecular complexity index is 1260. The van der Waals surface area contributed by atoms with Gasteiger partial charge in [0.15, 0.2) is 5.16 Å². The number of rotatable bonds is 8. The molecule has 0 atom stereocenters. The van der Waals surface area contributed by atoms with Crippen LogP contribution in [0.15, 0.2) is 70.4 Å². The van der Waals surface area contributed by atoms with Gasteiger partial charge in [-0.05, 0) is 61.9 Å². The number of carbonyl (C=O) groups excluding carboxylic acids is 2. The molecule has 0 radical (unpaired) electrons. The molecule has 2 heterocycles. The summed E-state index contributed by atoms with van der Waals surface area (Å²) in [6.45, 7) is 3.98. The second-order valence-corrected chi connectivity index (χ2v) is 9.10. The van der Waals surface area contributed by atoms with Crippen LogP contribution in [-0.2, 0) is 16.0 Å². The van der Waals surface area contributed by atoms with Crippen molar-refractivity contribution in [1.82, 2.24) is 14.9 Å². The van der Waals surface area contributed by atoms with E-state index in [-0.39, 0.29) is 23.1 Å². The third-order valence-electron chi connectivity index (χ3n) is 5.17. The van der Waals surface area contributed by atoms with Crippen LogP contribution in [0, 0.1) is 13.8 Å². The second kappa shape index (κ2) is 10.3. The normalized spacial score (nSPS) is 13.6. The highest BCUT2D eigenvalue weighted by molar-refractivity contribution is 8.04.